The van der Waals surface area contributed by atoms with Crippen molar-refractivity contribution in [1.82, 2.24) is 10.2 Å². The normalized spacial score (nSPS) is 41.8. The van der Waals surface area contributed by atoms with E-state index in [0.29, 0.717) is 18.9 Å². The van der Waals surface area contributed by atoms with E-state index in [-0.39, 0.29) is 17.9 Å². The first-order chi connectivity index (χ1) is 10.2. The molecule has 4 nitrogen and oxygen atoms in total. The fourth-order valence-electron chi connectivity index (χ4n) is 5.38. The first-order valence-electron chi connectivity index (χ1n) is 8.80. The Bertz CT molecular complexity index is 450. The van der Waals surface area contributed by atoms with Gasteiger partial charge in [0.15, 0.2) is 0 Å². The Labute approximate surface area is 126 Å². The third-order valence-electron chi connectivity index (χ3n) is 6.41. The molecule has 2 aliphatic carbocycles. The molecular formula is C17H26N2O2. The van der Waals surface area contributed by atoms with E-state index in [1.807, 2.05) is 0 Å². The number of hydrogen-bond acceptors (Lipinski definition) is 2. The molecule has 4 aliphatic rings. The third kappa shape index (κ3) is 2.47. The number of nitrogens with one attached hydrogen (secondary N) is 1. The molecule has 4 heteroatoms. The Morgan fingerprint density at radius 2 is 2.10 bits per heavy atom. The van der Waals surface area contributed by atoms with E-state index in [9.17, 15) is 9.59 Å². The lowest BCUT2D eigenvalue weighted by atomic mass is 9.83. The van der Waals surface area contributed by atoms with E-state index in [1.165, 1.54) is 38.5 Å². The van der Waals surface area contributed by atoms with Crippen LogP contribution < -0.4 is 5.32 Å². The lowest BCUT2D eigenvalue weighted by Crippen LogP contribution is -2.47. The fraction of sp³-hybridized carbons (Fsp3) is 0.882. The van der Waals surface area contributed by atoms with Gasteiger partial charge in [-0.25, -0.2) is 0 Å². The standard InChI is InChI=1S/C17H26N2O2/c20-16-6-5-15(18-16)17(21)19-7-1-2-14(19)10-13-9-11-3-4-12(13)8-11/h11-15H,1-10H2,(H,18,20)/t11-,12-,13+,14+,15+/m0/s1. The molecule has 2 amide bonds. The van der Waals surface area contributed by atoms with Crippen molar-refractivity contribution in [3.63, 3.8) is 0 Å². The van der Waals surface area contributed by atoms with Crippen molar-refractivity contribution >= 4 is 11.8 Å². The molecule has 0 aromatic heterocycles. The minimum Gasteiger partial charge on any atom is -0.344 e. The van der Waals surface area contributed by atoms with Crippen molar-refractivity contribution in [2.24, 2.45) is 17.8 Å². The number of rotatable bonds is 3. The zero-order valence-corrected chi connectivity index (χ0v) is 12.7. The molecule has 0 radical (unpaired) electrons. The zero-order valence-electron chi connectivity index (χ0n) is 12.7. The van der Waals surface area contributed by atoms with Crippen LogP contribution in [-0.2, 0) is 9.59 Å². The predicted molar refractivity (Wildman–Crippen MR) is 79.5 cm³/mol. The van der Waals surface area contributed by atoms with Crippen LogP contribution >= 0.6 is 0 Å². The van der Waals surface area contributed by atoms with Gasteiger partial charge in [-0.1, -0.05) is 6.42 Å². The average molecular weight is 290 g/mol. The van der Waals surface area contributed by atoms with Crippen LogP contribution in [-0.4, -0.2) is 35.3 Å². The van der Waals surface area contributed by atoms with Gasteiger partial charge in [-0.3, -0.25) is 9.59 Å². The van der Waals surface area contributed by atoms with Crippen molar-refractivity contribution in [3.05, 3.63) is 0 Å². The van der Waals surface area contributed by atoms with Crippen LogP contribution in [0.4, 0.5) is 0 Å². The second-order valence-corrected chi connectivity index (χ2v) is 7.66. The number of carbonyl (C=O) groups excluding carboxylic acids is 2. The summed E-state index contributed by atoms with van der Waals surface area (Å²) in [5, 5.41) is 2.84. The number of fused-ring (bicyclic) bond motifs is 2. The van der Waals surface area contributed by atoms with E-state index in [1.54, 1.807) is 0 Å². The molecule has 21 heavy (non-hydrogen) atoms. The van der Waals surface area contributed by atoms with Gasteiger partial charge in [0, 0.05) is 19.0 Å². The molecule has 1 N–H and O–H groups in total. The van der Waals surface area contributed by atoms with Crippen LogP contribution in [0, 0.1) is 17.8 Å². The van der Waals surface area contributed by atoms with Gasteiger partial charge in [0.2, 0.25) is 11.8 Å². The van der Waals surface area contributed by atoms with Crippen molar-refractivity contribution < 1.29 is 9.59 Å². The lowest BCUT2D eigenvalue weighted by Gasteiger charge is -2.31. The first-order valence-corrected chi connectivity index (χ1v) is 8.80. The molecule has 2 saturated carbocycles. The van der Waals surface area contributed by atoms with Crippen LogP contribution in [0.1, 0.15) is 57.8 Å². The van der Waals surface area contributed by atoms with Gasteiger partial charge < -0.3 is 10.2 Å². The second kappa shape index (κ2) is 5.29. The number of nitrogens with zero attached hydrogens (tertiary/aromatic N) is 1. The summed E-state index contributed by atoms with van der Waals surface area (Å²) in [5.74, 6) is 3.02. The third-order valence-corrected chi connectivity index (χ3v) is 6.41. The SMILES string of the molecule is O=C1CC[C@H](C(=O)N2CCC[C@@H]2C[C@H]2C[C@H]3CC[C@H]2C3)N1. The Morgan fingerprint density at radius 1 is 1.19 bits per heavy atom. The highest BCUT2D eigenvalue weighted by molar-refractivity contribution is 5.91. The van der Waals surface area contributed by atoms with E-state index in [0.717, 1.165) is 30.7 Å². The van der Waals surface area contributed by atoms with Gasteiger partial charge in [0.05, 0.1) is 0 Å². The number of likely N-dealkylation sites (tertiary alicyclic amines) is 1. The van der Waals surface area contributed by atoms with Crippen LogP contribution in [0.5, 0.6) is 0 Å². The summed E-state index contributed by atoms with van der Waals surface area (Å²) >= 11 is 0. The summed E-state index contributed by atoms with van der Waals surface area (Å²) in [7, 11) is 0. The molecule has 2 bridgehead atoms. The number of carbonyl (C=O) groups is 2. The molecule has 0 spiro atoms. The fourth-order valence-corrected chi connectivity index (χ4v) is 5.38. The van der Waals surface area contributed by atoms with Crippen molar-refractivity contribution in [2.45, 2.75) is 69.9 Å². The monoisotopic (exact) mass is 290 g/mol. The Balaban J connectivity index is 1.38. The topological polar surface area (TPSA) is 49.4 Å². The maximum Gasteiger partial charge on any atom is 0.245 e. The van der Waals surface area contributed by atoms with Gasteiger partial charge >= 0.3 is 0 Å². The highest BCUT2D eigenvalue weighted by atomic mass is 16.2. The van der Waals surface area contributed by atoms with E-state index in [4.69, 9.17) is 0 Å². The molecule has 5 atom stereocenters. The average Bonchev–Trinajstić information content (AvgIpc) is 3.21. The molecule has 116 valence electrons. The predicted octanol–water partition coefficient (Wildman–Crippen LogP) is 2.08. The van der Waals surface area contributed by atoms with Crippen LogP contribution in [0.15, 0.2) is 0 Å². The summed E-state index contributed by atoms with van der Waals surface area (Å²) in [6.45, 7) is 0.899. The molecule has 4 fully saturated rings. The van der Waals surface area contributed by atoms with Gasteiger partial charge in [0.25, 0.3) is 0 Å². The van der Waals surface area contributed by atoms with Crippen LogP contribution in [0.25, 0.3) is 0 Å². The largest absolute Gasteiger partial charge is 0.344 e. The minimum absolute atomic E-state index is 0.0391. The quantitative estimate of drug-likeness (QED) is 0.865. The maximum absolute atomic E-state index is 12.6. The lowest BCUT2D eigenvalue weighted by molar-refractivity contribution is -0.135. The minimum atomic E-state index is -0.238. The molecule has 0 aromatic rings. The Hall–Kier alpha value is -1.06. The number of amides is 2. The van der Waals surface area contributed by atoms with E-state index < -0.39 is 0 Å². The van der Waals surface area contributed by atoms with Crippen LogP contribution in [0.3, 0.4) is 0 Å². The zero-order chi connectivity index (χ0) is 14.4. The first kappa shape index (κ1) is 13.6. The Morgan fingerprint density at radius 3 is 2.76 bits per heavy atom. The molecule has 2 heterocycles. The molecular weight excluding hydrogens is 264 g/mol. The smallest absolute Gasteiger partial charge is 0.245 e. The van der Waals surface area contributed by atoms with Gasteiger partial charge in [-0.2, -0.15) is 0 Å². The second-order valence-electron chi connectivity index (χ2n) is 7.66. The van der Waals surface area contributed by atoms with Crippen molar-refractivity contribution in [2.75, 3.05) is 6.54 Å². The van der Waals surface area contributed by atoms with E-state index >= 15 is 0 Å². The molecule has 0 aromatic carbocycles. The maximum atomic E-state index is 12.6. The van der Waals surface area contributed by atoms with Gasteiger partial charge in [0.1, 0.15) is 6.04 Å². The van der Waals surface area contributed by atoms with E-state index in [2.05, 4.69) is 10.2 Å². The summed E-state index contributed by atoms with van der Waals surface area (Å²) in [6.07, 6.45) is 10.5. The molecule has 2 aliphatic heterocycles. The highest BCUT2D eigenvalue weighted by Gasteiger charge is 2.43. The van der Waals surface area contributed by atoms with Gasteiger partial charge in [-0.05, 0) is 62.7 Å². The summed E-state index contributed by atoms with van der Waals surface area (Å²) in [4.78, 5) is 26.1. The molecule has 0 unspecified atom stereocenters. The molecule has 2 saturated heterocycles. The summed E-state index contributed by atoms with van der Waals surface area (Å²) in [5.41, 5.74) is 0. The Kier molecular flexibility index (Phi) is 3.43. The van der Waals surface area contributed by atoms with Crippen LogP contribution in [0.2, 0.25) is 0 Å². The van der Waals surface area contributed by atoms with Gasteiger partial charge in [-0.15, -0.1) is 0 Å². The summed E-state index contributed by atoms with van der Waals surface area (Å²) < 4.78 is 0. The molecule has 4 rings (SSSR count). The van der Waals surface area contributed by atoms with Crippen molar-refractivity contribution in [1.29, 1.82) is 0 Å². The van der Waals surface area contributed by atoms with Crippen molar-refractivity contribution in [3.8, 4) is 0 Å². The summed E-state index contributed by atoms with van der Waals surface area (Å²) in [6, 6.07) is 0.206. The number of hydrogen-bond donors (Lipinski definition) is 1. The highest BCUT2D eigenvalue weighted by Crippen LogP contribution is 2.50.